The van der Waals surface area contributed by atoms with Crippen molar-refractivity contribution in [2.75, 3.05) is 13.7 Å². The number of amides is 1. The minimum atomic E-state index is -0.591. The highest BCUT2D eigenvalue weighted by Crippen LogP contribution is 2.22. The van der Waals surface area contributed by atoms with Crippen molar-refractivity contribution >= 4 is 40.1 Å². The molecule has 0 radical (unpaired) electrons. The summed E-state index contributed by atoms with van der Waals surface area (Å²) in [7, 11) is 1.67. The summed E-state index contributed by atoms with van der Waals surface area (Å²) in [6, 6.07) is 5.19. The zero-order valence-corrected chi connectivity index (χ0v) is 12.9. The van der Waals surface area contributed by atoms with E-state index in [1.165, 1.54) is 4.90 Å². The minimum Gasteiger partial charge on any atom is -0.394 e. The molecule has 0 unspecified atom stereocenters. The number of rotatable bonds is 3. The molecule has 0 aliphatic carbocycles. The lowest BCUT2D eigenvalue weighted by Crippen LogP contribution is -2.47. The highest BCUT2D eigenvalue weighted by molar-refractivity contribution is 14.1. The molecule has 1 aromatic rings. The van der Waals surface area contributed by atoms with Gasteiger partial charge < -0.3 is 10.0 Å². The highest BCUT2D eigenvalue weighted by atomic mass is 127. The van der Waals surface area contributed by atoms with E-state index in [0.717, 1.165) is 3.57 Å². The lowest BCUT2D eigenvalue weighted by Gasteiger charge is -2.34. The molecule has 0 aliphatic rings. The Morgan fingerprint density at radius 3 is 2.59 bits per heavy atom. The summed E-state index contributed by atoms with van der Waals surface area (Å²) in [5.74, 6) is -0.151. The van der Waals surface area contributed by atoms with E-state index in [2.05, 4.69) is 22.6 Å². The second kappa shape index (κ2) is 5.54. The van der Waals surface area contributed by atoms with E-state index >= 15 is 0 Å². The van der Waals surface area contributed by atoms with E-state index in [0.29, 0.717) is 10.6 Å². The van der Waals surface area contributed by atoms with Crippen LogP contribution in [0.15, 0.2) is 18.2 Å². The monoisotopic (exact) mass is 367 g/mol. The Bertz CT molecular complexity index is 435. The summed E-state index contributed by atoms with van der Waals surface area (Å²) < 4.78 is 0.907. The van der Waals surface area contributed by atoms with Crippen molar-refractivity contribution in [1.29, 1.82) is 0 Å². The molecular weight excluding hydrogens is 352 g/mol. The number of halogens is 2. The molecule has 94 valence electrons. The molecule has 3 nitrogen and oxygen atoms in total. The average Bonchev–Trinajstić information content (AvgIpc) is 2.30. The molecule has 1 amide bonds. The van der Waals surface area contributed by atoms with E-state index < -0.39 is 5.54 Å². The fourth-order valence-corrected chi connectivity index (χ4v) is 1.72. The van der Waals surface area contributed by atoms with Crippen LogP contribution in [0.4, 0.5) is 0 Å². The van der Waals surface area contributed by atoms with Crippen LogP contribution in [0.5, 0.6) is 0 Å². The number of carbonyl (C=O) groups is 1. The van der Waals surface area contributed by atoms with Crippen LogP contribution in [-0.4, -0.2) is 35.1 Å². The number of aliphatic hydroxyl groups excluding tert-OH is 1. The molecule has 0 spiro atoms. The molecule has 1 aromatic carbocycles. The Labute approximate surface area is 120 Å². The Morgan fingerprint density at radius 1 is 1.53 bits per heavy atom. The summed E-state index contributed by atoms with van der Waals surface area (Å²) >= 11 is 8.09. The summed E-state index contributed by atoms with van der Waals surface area (Å²) in [5, 5.41) is 9.80. The van der Waals surface area contributed by atoms with Crippen LogP contribution >= 0.6 is 34.2 Å². The predicted molar refractivity (Wildman–Crippen MR) is 77.4 cm³/mol. The Hall–Kier alpha value is -0.330. The van der Waals surface area contributed by atoms with Gasteiger partial charge in [-0.3, -0.25) is 4.79 Å². The summed E-state index contributed by atoms with van der Waals surface area (Å²) in [6.45, 7) is 3.52. The van der Waals surface area contributed by atoms with Gasteiger partial charge in [-0.2, -0.15) is 0 Å². The lowest BCUT2D eigenvalue weighted by molar-refractivity contribution is 0.0473. The molecule has 5 heteroatoms. The second-order valence-corrected chi connectivity index (χ2v) is 6.03. The van der Waals surface area contributed by atoms with E-state index in [9.17, 15) is 9.90 Å². The molecule has 17 heavy (non-hydrogen) atoms. The van der Waals surface area contributed by atoms with Gasteiger partial charge in [-0.1, -0.05) is 11.6 Å². The van der Waals surface area contributed by atoms with Crippen LogP contribution in [0.1, 0.15) is 24.2 Å². The Kier molecular flexibility index (Phi) is 4.80. The van der Waals surface area contributed by atoms with Crippen LogP contribution < -0.4 is 0 Å². The van der Waals surface area contributed by atoms with Gasteiger partial charge in [0.15, 0.2) is 0 Å². The number of nitrogens with zero attached hydrogens (tertiary/aromatic N) is 1. The maximum atomic E-state index is 12.2. The third-order valence-electron chi connectivity index (χ3n) is 2.77. The fraction of sp³-hybridized carbons (Fsp3) is 0.417. The summed E-state index contributed by atoms with van der Waals surface area (Å²) in [4.78, 5) is 13.7. The van der Waals surface area contributed by atoms with Gasteiger partial charge in [0.05, 0.1) is 17.2 Å². The van der Waals surface area contributed by atoms with E-state index in [1.54, 1.807) is 39.1 Å². The smallest absolute Gasteiger partial charge is 0.254 e. The molecule has 0 aliphatic heterocycles. The largest absolute Gasteiger partial charge is 0.394 e. The van der Waals surface area contributed by atoms with Gasteiger partial charge in [-0.25, -0.2) is 0 Å². The molecule has 0 atom stereocenters. The van der Waals surface area contributed by atoms with Gasteiger partial charge in [-0.15, -0.1) is 0 Å². The fourth-order valence-electron chi connectivity index (χ4n) is 1.20. The van der Waals surface area contributed by atoms with Crippen molar-refractivity contribution in [3.63, 3.8) is 0 Å². The van der Waals surface area contributed by atoms with E-state index in [1.807, 2.05) is 0 Å². The van der Waals surface area contributed by atoms with Crippen molar-refractivity contribution in [2.45, 2.75) is 19.4 Å². The number of aliphatic hydroxyl groups is 1. The number of hydrogen-bond acceptors (Lipinski definition) is 2. The number of carbonyl (C=O) groups excluding carboxylic acids is 1. The van der Waals surface area contributed by atoms with E-state index in [-0.39, 0.29) is 12.5 Å². The van der Waals surface area contributed by atoms with Crippen molar-refractivity contribution in [3.8, 4) is 0 Å². The topological polar surface area (TPSA) is 40.5 Å². The lowest BCUT2D eigenvalue weighted by atomic mass is 10.0. The van der Waals surface area contributed by atoms with Crippen LogP contribution in [0.25, 0.3) is 0 Å². The maximum absolute atomic E-state index is 12.2. The van der Waals surface area contributed by atoms with E-state index in [4.69, 9.17) is 11.6 Å². The number of hydrogen-bond donors (Lipinski definition) is 1. The molecule has 0 bridgehead atoms. The average molecular weight is 368 g/mol. The van der Waals surface area contributed by atoms with Crippen molar-refractivity contribution in [1.82, 2.24) is 4.90 Å². The van der Waals surface area contributed by atoms with Gasteiger partial charge in [0.1, 0.15) is 0 Å². The molecule has 1 N–H and O–H groups in total. The van der Waals surface area contributed by atoms with Crippen LogP contribution in [-0.2, 0) is 0 Å². The summed E-state index contributed by atoms with van der Waals surface area (Å²) in [6.07, 6.45) is 0. The molecular formula is C12H15ClINO2. The number of likely N-dealkylation sites (N-methyl/N-ethyl adjacent to an activating group) is 1. The van der Waals surface area contributed by atoms with Crippen molar-refractivity contribution < 1.29 is 9.90 Å². The zero-order chi connectivity index (χ0) is 13.2. The van der Waals surface area contributed by atoms with Gasteiger partial charge in [0, 0.05) is 16.2 Å². The Morgan fingerprint density at radius 2 is 2.12 bits per heavy atom. The normalized spacial score (nSPS) is 11.4. The standard InChI is InChI=1S/C12H15ClINO2/c1-12(2,7-16)15(3)11(17)8-4-5-10(14)9(13)6-8/h4-6,16H,7H2,1-3H3. The van der Waals surface area contributed by atoms with Crippen LogP contribution in [0.3, 0.4) is 0 Å². The molecule has 0 fully saturated rings. The number of benzene rings is 1. The first-order valence-electron chi connectivity index (χ1n) is 5.13. The van der Waals surface area contributed by atoms with Crippen LogP contribution in [0, 0.1) is 3.57 Å². The first kappa shape index (κ1) is 14.7. The summed E-state index contributed by atoms with van der Waals surface area (Å²) in [5.41, 5.74) is -0.0635. The molecule has 0 heterocycles. The van der Waals surface area contributed by atoms with Gasteiger partial charge >= 0.3 is 0 Å². The second-order valence-electron chi connectivity index (χ2n) is 4.46. The molecule has 0 saturated heterocycles. The van der Waals surface area contributed by atoms with Crippen LogP contribution in [0.2, 0.25) is 5.02 Å². The quantitative estimate of drug-likeness (QED) is 0.835. The minimum absolute atomic E-state index is 0.0899. The molecule has 1 rings (SSSR count). The molecule has 0 aromatic heterocycles. The SMILES string of the molecule is CN(C(=O)c1ccc(I)c(Cl)c1)C(C)(C)CO. The third kappa shape index (κ3) is 3.33. The third-order valence-corrected chi connectivity index (χ3v) is 4.34. The maximum Gasteiger partial charge on any atom is 0.254 e. The van der Waals surface area contributed by atoms with Gasteiger partial charge in [-0.05, 0) is 54.6 Å². The van der Waals surface area contributed by atoms with Crippen molar-refractivity contribution in [3.05, 3.63) is 32.4 Å². The van der Waals surface area contributed by atoms with Crippen molar-refractivity contribution in [2.24, 2.45) is 0 Å². The Balaban J connectivity index is 3.01. The predicted octanol–water partition coefficient (Wildman–Crippen LogP) is 2.79. The zero-order valence-electron chi connectivity index (χ0n) is 10.00. The first-order chi connectivity index (χ1) is 7.79. The molecule has 0 saturated carbocycles. The van der Waals surface area contributed by atoms with Gasteiger partial charge in [0.2, 0.25) is 0 Å². The first-order valence-corrected chi connectivity index (χ1v) is 6.59. The highest BCUT2D eigenvalue weighted by Gasteiger charge is 2.27. The van der Waals surface area contributed by atoms with Gasteiger partial charge in [0.25, 0.3) is 5.91 Å².